The molecule has 0 unspecified atom stereocenters. The molecule has 2 N–H and O–H groups in total. The summed E-state index contributed by atoms with van der Waals surface area (Å²) in [5.74, 6) is -0.237. The zero-order chi connectivity index (χ0) is 13.3. The summed E-state index contributed by atoms with van der Waals surface area (Å²) in [5, 5.41) is 0. The zero-order valence-corrected chi connectivity index (χ0v) is 10.9. The molecule has 0 heterocycles. The lowest BCUT2D eigenvalue weighted by molar-refractivity contribution is 0.630. The van der Waals surface area contributed by atoms with E-state index in [0.29, 0.717) is 11.3 Å². The van der Waals surface area contributed by atoms with Crippen molar-refractivity contribution >= 4 is 11.4 Å². The number of hydrogen-bond acceptors (Lipinski definition) is 2. The summed E-state index contributed by atoms with van der Waals surface area (Å²) >= 11 is 0. The van der Waals surface area contributed by atoms with Crippen molar-refractivity contribution in [1.82, 2.24) is 0 Å². The first-order valence-electron chi connectivity index (χ1n) is 5.82. The maximum Gasteiger partial charge on any atom is 0.131 e. The standard InChI is InChI=1S/C15H17FN2/c1-10-8-14(16)13(9-15(10)17)11-4-6-12(7-5-11)18(2)3/h4-9H,17H2,1-3H3. The van der Waals surface area contributed by atoms with Gasteiger partial charge in [0, 0.05) is 31.0 Å². The van der Waals surface area contributed by atoms with E-state index in [1.807, 2.05) is 43.3 Å². The Bertz CT molecular complexity index is 559. The number of anilines is 2. The summed E-state index contributed by atoms with van der Waals surface area (Å²) in [6.07, 6.45) is 0. The van der Waals surface area contributed by atoms with Crippen molar-refractivity contribution in [2.45, 2.75) is 6.92 Å². The van der Waals surface area contributed by atoms with Crippen LogP contribution in [0.4, 0.5) is 15.8 Å². The van der Waals surface area contributed by atoms with Gasteiger partial charge < -0.3 is 10.6 Å². The molecule has 0 aliphatic carbocycles. The van der Waals surface area contributed by atoms with E-state index in [1.165, 1.54) is 6.07 Å². The van der Waals surface area contributed by atoms with Gasteiger partial charge in [-0.25, -0.2) is 4.39 Å². The van der Waals surface area contributed by atoms with Crippen molar-refractivity contribution in [2.24, 2.45) is 0 Å². The van der Waals surface area contributed by atoms with Crippen LogP contribution in [0.25, 0.3) is 11.1 Å². The van der Waals surface area contributed by atoms with Crippen molar-refractivity contribution in [2.75, 3.05) is 24.7 Å². The van der Waals surface area contributed by atoms with Crippen LogP contribution in [0.15, 0.2) is 36.4 Å². The van der Waals surface area contributed by atoms with E-state index >= 15 is 0 Å². The summed E-state index contributed by atoms with van der Waals surface area (Å²) in [6, 6.07) is 10.9. The van der Waals surface area contributed by atoms with Gasteiger partial charge in [0.25, 0.3) is 0 Å². The molecule has 0 aromatic heterocycles. The first-order valence-corrected chi connectivity index (χ1v) is 5.82. The number of benzene rings is 2. The number of nitrogens with zero attached hydrogens (tertiary/aromatic N) is 1. The van der Waals surface area contributed by atoms with Gasteiger partial charge in [0.15, 0.2) is 0 Å². The fraction of sp³-hybridized carbons (Fsp3) is 0.200. The van der Waals surface area contributed by atoms with Crippen LogP contribution in [0.3, 0.4) is 0 Å². The average Bonchev–Trinajstić information content (AvgIpc) is 2.34. The molecule has 0 fully saturated rings. The van der Waals surface area contributed by atoms with E-state index < -0.39 is 0 Å². The molecule has 2 rings (SSSR count). The molecule has 0 aliphatic rings. The quantitative estimate of drug-likeness (QED) is 0.820. The van der Waals surface area contributed by atoms with Crippen LogP contribution in [0, 0.1) is 12.7 Å². The minimum atomic E-state index is -0.237. The van der Waals surface area contributed by atoms with E-state index in [4.69, 9.17) is 5.73 Å². The lowest BCUT2D eigenvalue weighted by Crippen LogP contribution is -2.07. The predicted octanol–water partition coefficient (Wildman–Crippen LogP) is 3.45. The summed E-state index contributed by atoms with van der Waals surface area (Å²) in [4.78, 5) is 2.00. The molecule has 0 atom stereocenters. The van der Waals surface area contributed by atoms with E-state index in [0.717, 1.165) is 16.8 Å². The second-order valence-corrected chi connectivity index (χ2v) is 4.63. The Balaban J connectivity index is 2.46. The molecule has 0 saturated heterocycles. The Labute approximate surface area is 107 Å². The van der Waals surface area contributed by atoms with Crippen LogP contribution >= 0.6 is 0 Å². The van der Waals surface area contributed by atoms with Crippen LogP contribution in [0.5, 0.6) is 0 Å². The smallest absolute Gasteiger partial charge is 0.131 e. The van der Waals surface area contributed by atoms with Gasteiger partial charge in [-0.05, 0) is 42.3 Å². The zero-order valence-electron chi connectivity index (χ0n) is 10.9. The summed E-state index contributed by atoms with van der Waals surface area (Å²) in [6.45, 7) is 1.80. The number of nitrogens with two attached hydrogens (primary N) is 1. The first-order chi connectivity index (χ1) is 8.49. The molecule has 0 aliphatic heterocycles. The van der Waals surface area contributed by atoms with Crippen LogP contribution in [0.2, 0.25) is 0 Å². The fourth-order valence-corrected chi connectivity index (χ4v) is 1.85. The van der Waals surface area contributed by atoms with Gasteiger partial charge in [0.2, 0.25) is 0 Å². The Kier molecular flexibility index (Phi) is 3.24. The normalized spacial score (nSPS) is 10.4. The highest BCUT2D eigenvalue weighted by molar-refractivity contribution is 5.71. The second-order valence-electron chi connectivity index (χ2n) is 4.63. The van der Waals surface area contributed by atoms with Gasteiger partial charge in [-0.2, -0.15) is 0 Å². The second kappa shape index (κ2) is 4.69. The van der Waals surface area contributed by atoms with Crippen molar-refractivity contribution < 1.29 is 4.39 Å². The van der Waals surface area contributed by atoms with Crippen molar-refractivity contribution in [3.8, 4) is 11.1 Å². The number of rotatable bonds is 2. The molecule has 0 saturated carbocycles. The minimum absolute atomic E-state index is 0.237. The average molecular weight is 244 g/mol. The number of aryl methyl sites for hydroxylation is 1. The fourth-order valence-electron chi connectivity index (χ4n) is 1.85. The molecule has 2 aromatic rings. The van der Waals surface area contributed by atoms with Gasteiger partial charge in [-0.15, -0.1) is 0 Å². The Morgan fingerprint density at radius 2 is 1.67 bits per heavy atom. The van der Waals surface area contributed by atoms with Gasteiger partial charge in [-0.1, -0.05) is 12.1 Å². The van der Waals surface area contributed by atoms with Crippen LogP contribution < -0.4 is 10.6 Å². The number of nitrogen functional groups attached to an aromatic ring is 1. The van der Waals surface area contributed by atoms with Gasteiger partial charge in [-0.3, -0.25) is 0 Å². The monoisotopic (exact) mass is 244 g/mol. The third-order valence-electron chi connectivity index (χ3n) is 3.05. The first kappa shape index (κ1) is 12.4. The Hall–Kier alpha value is -2.03. The third kappa shape index (κ3) is 2.30. The SMILES string of the molecule is Cc1cc(F)c(-c2ccc(N(C)C)cc2)cc1N. The van der Waals surface area contributed by atoms with Gasteiger partial charge >= 0.3 is 0 Å². The highest BCUT2D eigenvalue weighted by Crippen LogP contribution is 2.28. The summed E-state index contributed by atoms with van der Waals surface area (Å²) < 4.78 is 13.9. The molecule has 3 heteroatoms. The van der Waals surface area contributed by atoms with E-state index in [1.54, 1.807) is 13.0 Å². The molecule has 94 valence electrons. The highest BCUT2D eigenvalue weighted by atomic mass is 19.1. The molecular weight excluding hydrogens is 227 g/mol. The maximum absolute atomic E-state index is 13.9. The maximum atomic E-state index is 13.9. The summed E-state index contributed by atoms with van der Waals surface area (Å²) in [7, 11) is 3.94. The lowest BCUT2D eigenvalue weighted by atomic mass is 10.0. The predicted molar refractivity (Wildman–Crippen MR) is 75.3 cm³/mol. The van der Waals surface area contributed by atoms with Crippen LogP contribution in [-0.4, -0.2) is 14.1 Å². The highest BCUT2D eigenvalue weighted by Gasteiger charge is 2.08. The molecule has 2 nitrogen and oxygen atoms in total. The molecule has 0 amide bonds. The van der Waals surface area contributed by atoms with Crippen LogP contribution in [0.1, 0.15) is 5.56 Å². The van der Waals surface area contributed by atoms with Crippen molar-refractivity contribution in [1.29, 1.82) is 0 Å². The van der Waals surface area contributed by atoms with Crippen LogP contribution in [-0.2, 0) is 0 Å². The third-order valence-corrected chi connectivity index (χ3v) is 3.05. The van der Waals surface area contributed by atoms with Gasteiger partial charge in [0.1, 0.15) is 5.82 Å². The van der Waals surface area contributed by atoms with Crippen molar-refractivity contribution in [3.05, 3.63) is 47.8 Å². The molecule has 18 heavy (non-hydrogen) atoms. The Morgan fingerprint density at radius 3 is 2.22 bits per heavy atom. The largest absolute Gasteiger partial charge is 0.398 e. The molecule has 0 spiro atoms. The van der Waals surface area contributed by atoms with Crippen molar-refractivity contribution in [3.63, 3.8) is 0 Å². The van der Waals surface area contributed by atoms with E-state index in [-0.39, 0.29) is 5.82 Å². The Morgan fingerprint density at radius 1 is 1.06 bits per heavy atom. The topological polar surface area (TPSA) is 29.3 Å². The molecular formula is C15H17FN2. The molecule has 0 bridgehead atoms. The van der Waals surface area contributed by atoms with E-state index in [2.05, 4.69) is 0 Å². The summed E-state index contributed by atoms with van der Waals surface area (Å²) in [5.41, 5.74) is 9.67. The lowest BCUT2D eigenvalue weighted by Gasteiger charge is -2.13. The number of halogens is 1. The molecule has 0 radical (unpaired) electrons. The molecule has 2 aromatic carbocycles. The van der Waals surface area contributed by atoms with Gasteiger partial charge in [0.05, 0.1) is 0 Å². The minimum Gasteiger partial charge on any atom is -0.398 e. The number of hydrogen-bond donors (Lipinski definition) is 1. The van der Waals surface area contributed by atoms with E-state index in [9.17, 15) is 4.39 Å².